The molecule has 2 aliphatic heterocycles. The van der Waals surface area contributed by atoms with E-state index in [0.29, 0.717) is 0 Å². The smallest absolute Gasteiger partial charge is 0.253 e. The molecule has 0 unspecified atom stereocenters. The Balaban J connectivity index is 2.32. The van der Waals surface area contributed by atoms with Crippen molar-refractivity contribution in [3.05, 3.63) is 12.3 Å². The van der Waals surface area contributed by atoms with Crippen LogP contribution in [0, 0.1) is 0 Å². The van der Waals surface area contributed by atoms with Crippen molar-refractivity contribution < 1.29 is 13.2 Å². The molecule has 2 N–H and O–H groups in total. The maximum Gasteiger partial charge on any atom is 0.253 e. The molecule has 0 radical (unpaired) electrons. The molecule has 0 aliphatic carbocycles. The molecule has 2 aliphatic rings. The van der Waals surface area contributed by atoms with Gasteiger partial charge in [0, 0.05) is 6.20 Å². The number of sulfonamides is 1. The molecule has 82 valence electrons. The highest BCUT2D eigenvalue weighted by Crippen LogP contribution is 2.10. The minimum atomic E-state index is -3.47. The monoisotopic (exact) mass is 230 g/mol. The molecular weight excluding hydrogens is 220 g/mol. The second-order valence-corrected chi connectivity index (χ2v) is 4.94. The molecule has 7 nitrogen and oxygen atoms in total. The van der Waals surface area contributed by atoms with Gasteiger partial charge in [-0.05, 0) is 6.08 Å². The summed E-state index contributed by atoms with van der Waals surface area (Å²) < 4.78 is 25.5. The number of hydrogen-bond donors (Lipinski definition) is 2. The fourth-order valence-corrected chi connectivity index (χ4v) is 1.90. The van der Waals surface area contributed by atoms with Gasteiger partial charge in [-0.1, -0.05) is 0 Å². The lowest BCUT2D eigenvalue weighted by Gasteiger charge is -2.26. The van der Waals surface area contributed by atoms with E-state index in [0.717, 1.165) is 6.26 Å². The van der Waals surface area contributed by atoms with Crippen LogP contribution in [0.3, 0.4) is 0 Å². The Kier molecular flexibility index (Phi) is 2.14. The van der Waals surface area contributed by atoms with Crippen LogP contribution in [0.15, 0.2) is 16.7 Å². The summed E-state index contributed by atoms with van der Waals surface area (Å²) in [6, 6.07) is 0. The maximum absolute atomic E-state index is 11.1. The van der Waals surface area contributed by atoms with Crippen molar-refractivity contribution in [1.29, 1.82) is 0 Å². The summed E-state index contributed by atoms with van der Waals surface area (Å²) in [5.74, 6) is 0.0119. The van der Waals surface area contributed by atoms with Gasteiger partial charge in [0.2, 0.25) is 11.9 Å². The molecule has 0 aromatic carbocycles. The first kappa shape index (κ1) is 9.97. The second-order valence-electron chi connectivity index (χ2n) is 3.29. The SMILES string of the molecule is CS(=O)(=O)/N=C1/NC=C[C@H]2NC(=O)CN12. The molecule has 0 saturated carbocycles. The third-order valence-electron chi connectivity index (χ3n) is 1.97. The normalized spacial score (nSPS) is 27.5. The Morgan fingerprint density at radius 2 is 2.33 bits per heavy atom. The number of fused-ring (bicyclic) bond motifs is 1. The molecule has 2 heterocycles. The molecule has 2 rings (SSSR count). The number of hydrogen-bond acceptors (Lipinski definition) is 3. The Hall–Kier alpha value is -1.57. The number of carbonyl (C=O) groups is 1. The number of nitrogens with one attached hydrogen (secondary N) is 2. The van der Waals surface area contributed by atoms with Gasteiger partial charge < -0.3 is 15.5 Å². The number of nitrogens with zero attached hydrogens (tertiary/aromatic N) is 2. The van der Waals surface area contributed by atoms with E-state index in [2.05, 4.69) is 15.0 Å². The molecule has 0 bridgehead atoms. The number of rotatable bonds is 1. The van der Waals surface area contributed by atoms with E-state index in [1.165, 1.54) is 0 Å². The summed E-state index contributed by atoms with van der Waals surface area (Å²) in [4.78, 5) is 12.6. The summed E-state index contributed by atoms with van der Waals surface area (Å²) in [6.07, 6.45) is 3.96. The second kappa shape index (κ2) is 3.23. The Morgan fingerprint density at radius 1 is 1.60 bits per heavy atom. The van der Waals surface area contributed by atoms with Crippen LogP contribution in [0.2, 0.25) is 0 Å². The Labute approximate surface area is 86.9 Å². The summed E-state index contributed by atoms with van der Waals surface area (Å²) in [5.41, 5.74) is 0. The van der Waals surface area contributed by atoms with Crippen molar-refractivity contribution in [3.8, 4) is 0 Å². The lowest BCUT2D eigenvalue weighted by Crippen LogP contribution is -2.47. The largest absolute Gasteiger partial charge is 0.332 e. The van der Waals surface area contributed by atoms with Crippen LogP contribution < -0.4 is 10.6 Å². The number of carbonyl (C=O) groups excluding carboxylic acids is 1. The van der Waals surface area contributed by atoms with E-state index in [1.54, 1.807) is 17.2 Å². The van der Waals surface area contributed by atoms with Gasteiger partial charge in [0.1, 0.15) is 12.7 Å². The average Bonchev–Trinajstić information content (AvgIpc) is 2.43. The minimum absolute atomic E-state index is 0.107. The van der Waals surface area contributed by atoms with Gasteiger partial charge in [-0.3, -0.25) is 4.79 Å². The Morgan fingerprint density at radius 3 is 3.00 bits per heavy atom. The summed E-state index contributed by atoms with van der Waals surface area (Å²) in [6.45, 7) is 0.107. The summed E-state index contributed by atoms with van der Waals surface area (Å²) >= 11 is 0. The van der Waals surface area contributed by atoms with Gasteiger partial charge in [0.15, 0.2) is 0 Å². The van der Waals surface area contributed by atoms with E-state index in [4.69, 9.17) is 0 Å². The van der Waals surface area contributed by atoms with Crippen LogP contribution in [-0.2, 0) is 14.8 Å². The van der Waals surface area contributed by atoms with E-state index in [1.807, 2.05) is 0 Å². The number of amides is 1. The lowest BCUT2D eigenvalue weighted by molar-refractivity contribution is -0.118. The van der Waals surface area contributed by atoms with Crippen molar-refractivity contribution in [2.24, 2.45) is 4.40 Å². The van der Waals surface area contributed by atoms with Gasteiger partial charge in [-0.2, -0.15) is 0 Å². The molecular formula is C7H10N4O3S. The molecule has 15 heavy (non-hydrogen) atoms. The van der Waals surface area contributed by atoms with Crippen LogP contribution in [0.5, 0.6) is 0 Å². The topological polar surface area (TPSA) is 90.9 Å². The van der Waals surface area contributed by atoms with Crippen molar-refractivity contribution in [2.75, 3.05) is 12.8 Å². The van der Waals surface area contributed by atoms with E-state index in [-0.39, 0.29) is 24.6 Å². The predicted octanol–water partition coefficient (Wildman–Crippen LogP) is -1.82. The first-order valence-corrected chi connectivity index (χ1v) is 6.10. The third kappa shape index (κ3) is 2.09. The highest BCUT2D eigenvalue weighted by atomic mass is 32.2. The van der Waals surface area contributed by atoms with Crippen molar-refractivity contribution >= 4 is 21.9 Å². The van der Waals surface area contributed by atoms with Gasteiger partial charge in [-0.25, -0.2) is 8.42 Å². The van der Waals surface area contributed by atoms with Gasteiger partial charge in [0.25, 0.3) is 10.0 Å². The van der Waals surface area contributed by atoms with Crippen molar-refractivity contribution in [2.45, 2.75) is 6.17 Å². The van der Waals surface area contributed by atoms with Crippen LogP contribution in [0.4, 0.5) is 0 Å². The molecule has 1 fully saturated rings. The van der Waals surface area contributed by atoms with Crippen LogP contribution in [-0.4, -0.2) is 44.2 Å². The van der Waals surface area contributed by atoms with E-state index < -0.39 is 10.0 Å². The molecule has 0 aromatic rings. The summed E-state index contributed by atoms with van der Waals surface area (Å²) in [7, 11) is -3.47. The minimum Gasteiger partial charge on any atom is -0.332 e. The molecule has 1 atom stereocenters. The first-order valence-electron chi connectivity index (χ1n) is 4.25. The molecule has 1 amide bonds. The lowest BCUT2D eigenvalue weighted by atomic mass is 10.4. The standard InChI is InChI=1S/C7H10N4O3S/c1-15(13,14)10-7-8-3-2-5-9-6(12)4-11(5)7/h2-3,5H,4H2,1H3,(H,8,10)(H,9,12)/t5-/m0/s1. The van der Waals surface area contributed by atoms with Crippen LogP contribution >= 0.6 is 0 Å². The molecule has 8 heteroatoms. The molecule has 0 spiro atoms. The van der Waals surface area contributed by atoms with E-state index in [9.17, 15) is 13.2 Å². The zero-order valence-electron chi connectivity index (χ0n) is 7.97. The predicted molar refractivity (Wildman–Crippen MR) is 53.2 cm³/mol. The Bertz CT molecular complexity index is 453. The van der Waals surface area contributed by atoms with Gasteiger partial charge in [-0.15, -0.1) is 4.40 Å². The average molecular weight is 230 g/mol. The molecule has 0 aromatic heterocycles. The fraction of sp³-hybridized carbons (Fsp3) is 0.429. The van der Waals surface area contributed by atoms with Crippen LogP contribution in [0.1, 0.15) is 0 Å². The molecule has 1 saturated heterocycles. The zero-order chi connectivity index (χ0) is 11.1. The number of guanidine groups is 1. The fourth-order valence-electron chi connectivity index (χ4n) is 1.43. The maximum atomic E-state index is 11.1. The highest BCUT2D eigenvalue weighted by molar-refractivity contribution is 7.89. The quantitative estimate of drug-likeness (QED) is 0.553. The van der Waals surface area contributed by atoms with Gasteiger partial charge >= 0.3 is 0 Å². The highest BCUT2D eigenvalue weighted by Gasteiger charge is 2.32. The van der Waals surface area contributed by atoms with Crippen molar-refractivity contribution in [1.82, 2.24) is 15.5 Å². The zero-order valence-corrected chi connectivity index (χ0v) is 8.78. The van der Waals surface area contributed by atoms with Gasteiger partial charge in [0.05, 0.1) is 6.26 Å². The summed E-state index contributed by atoms with van der Waals surface area (Å²) in [5, 5.41) is 5.35. The first-order chi connectivity index (χ1) is 6.96. The van der Waals surface area contributed by atoms with Crippen molar-refractivity contribution in [3.63, 3.8) is 0 Å². The third-order valence-corrected chi connectivity index (χ3v) is 2.48. The van der Waals surface area contributed by atoms with E-state index >= 15 is 0 Å². The van der Waals surface area contributed by atoms with Crippen LogP contribution in [0.25, 0.3) is 0 Å².